The summed E-state index contributed by atoms with van der Waals surface area (Å²) >= 11 is 1.26. The molecule has 202 valence electrons. The molecule has 1 fully saturated rings. The number of β-lactam (4-membered cyclic amide) rings is 1. The SMILES string of the molecule is C=CCOC(=O)Nc1ccc(OCC2=C(C(=O)OCC=C)N3C(=O)[C@H]([C@@H](C)OC(=O)OCC=C)[C@H]3S2)cc1. The minimum Gasteiger partial charge on any atom is -0.488 e. The van der Waals surface area contributed by atoms with E-state index in [0.717, 1.165) is 0 Å². The molecular formula is C26H28N2O9S. The van der Waals surface area contributed by atoms with E-state index in [4.69, 9.17) is 23.7 Å². The zero-order chi connectivity index (χ0) is 27.7. The fraction of sp³-hybridized carbons (Fsp3) is 0.308. The van der Waals surface area contributed by atoms with Gasteiger partial charge in [-0.3, -0.25) is 15.0 Å². The maximum atomic E-state index is 13.0. The molecule has 1 aromatic rings. The molecule has 1 saturated heterocycles. The first-order chi connectivity index (χ1) is 18.3. The molecule has 0 saturated carbocycles. The van der Waals surface area contributed by atoms with Crippen LogP contribution in [-0.4, -0.2) is 66.9 Å². The van der Waals surface area contributed by atoms with Gasteiger partial charge in [0.1, 0.15) is 55.3 Å². The van der Waals surface area contributed by atoms with Crippen LogP contribution >= 0.6 is 11.8 Å². The maximum absolute atomic E-state index is 13.0. The van der Waals surface area contributed by atoms with Crippen molar-refractivity contribution in [3.63, 3.8) is 0 Å². The maximum Gasteiger partial charge on any atom is 0.508 e. The summed E-state index contributed by atoms with van der Waals surface area (Å²) in [6.07, 6.45) is 1.94. The number of carbonyl (C=O) groups excluding carboxylic acids is 4. The van der Waals surface area contributed by atoms with Gasteiger partial charge in [-0.2, -0.15) is 0 Å². The Labute approximate surface area is 224 Å². The Morgan fingerprint density at radius 1 is 1.03 bits per heavy atom. The number of fused-ring (bicyclic) bond motifs is 1. The standard InChI is InChI=1S/C26H28N2O9S/c1-5-12-33-24(30)21-19(15-36-18-10-8-17(9-11-18)27-25(31)34-13-6-2)38-23-20(22(29)28(21)23)16(4)37-26(32)35-14-7-3/h5-11,16,20,23H,1-3,12-15H2,4H3,(H,27,31)/t16-,20+,23-/m1/s1. The first-order valence-electron chi connectivity index (χ1n) is 11.5. The van der Waals surface area contributed by atoms with Crippen molar-refractivity contribution in [2.24, 2.45) is 5.92 Å². The molecule has 38 heavy (non-hydrogen) atoms. The Kier molecular flexibility index (Phi) is 9.99. The second kappa shape index (κ2) is 13.4. The molecule has 0 aliphatic carbocycles. The summed E-state index contributed by atoms with van der Waals surface area (Å²) in [5.74, 6) is -1.31. The molecule has 11 nitrogen and oxygen atoms in total. The van der Waals surface area contributed by atoms with Crippen molar-refractivity contribution >= 4 is 41.6 Å². The van der Waals surface area contributed by atoms with Gasteiger partial charge in [0.25, 0.3) is 0 Å². The second-order valence-electron chi connectivity index (χ2n) is 7.90. The van der Waals surface area contributed by atoms with Crippen molar-refractivity contribution in [3.8, 4) is 5.75 Å². The van der Waals surface area contributed by atoms with E-state index in [1.807, 2.05) is 0 Å². The van der Waals surface area contributed by atoms with Gasteiger partial charge >= 0.3 is 18.2 Å². The fourth-order valence-corrected chi connectivity index (χ4v) is 5.10. The number of hydrogen-bond acceptors (Lipinski definition) is 10. The number of hydrogen-bond donors (Lipinski definition) is 1. The second-order valence-corrected chi connectivity index (χ2v) is 9.11. The third kappa shape index (κ3) is 6.76. The van der Waals surface area contributed by atoms with Gasteiger partial charge in [-0.15, -0.1) is 0 Å². The highest BCUT2D eigenvalue weighted by Gasteiger charge is 2.59. The van der Waals surface area contributed by atoms with Crippen LogP contribution in [0.1, 0.15) is 6.92 Å². The van der Waals surface area contributed by atoms with Crippen LogP contribution in [0.2, 0.25) is 0 Å². The van der Waals surface area contributed by atoms with Gasteiger partial charge in [0.05, 0.1) is 4.91 Å². The van der Waals surface area contributed by atoms with Crippen LogP contribution in [0.15, 0.2) is 72.8 Å². The number of nitrogens with one attached hydrogen (secondary N) is 1. The molecule has 2 aliphatic heterocycles. The highest BCUT2D eigenvalue weighted by molar-refractivity contribution is 8.04. The Hall–Kier alpha value is -4.19. The zero-order valence-corrected chi connectivity index (χ0v) is 21.6. The highest BCUT2D eigenvalue weighted by atomic mass is 32.2. The lowest BCUT2D eigenvalue weighted by Gasteiger charge is -2.44. The van der Waals surface area contributed by atoms with Crippen LogP contribution in [0.3, 0.4) is 0 Å². The van der Waals surface area contributed by atoms with Crippen LogP contribution in [0.4, 0.5) is 15.3 Å². The number of rotatable bonds is 13. The predicted molar refractivity (Wildman–Crippen MR) is 139 cm³/mol. The lowest BCUT2D eigenvalue weighted by molar-refractivity contribution is -0.158. The van der Waals surface area contributed by atoms with Crippen LogP contribution in [-0.2, 0) is 28.5 Å². The van der Waals surface area contributed by atoms with Crippen LogP contribution in [0.25, 0.3) is 0 Å². The average Bonchev–Trinajstić information content (AvgIpc) is 3.23. The van der Waals surface area contributed by atoms with E-state index in [-0.39, 0.29) is 38.0 Å². The molecule has 1 aromatic carbocycles. The first kappa shape index (κ1) is 28.4. The largest absolute Gasteiger partial charge is 0.508 e. The third-order valence-electron chi connectivity index (χ3n) is 5.29. The summed E-state index contributed by atoms with van der Waals surface area (Å²) in [7, 11) is 0. The highest BCUT2D eigenvalue weighted by Crippen LogP contribution is 2.51. The minimum absolute atomic E-state index is 0.0206. The number of nitrogens with zero attached hydrogens (tertiary/aromatic N) is 1. The van der Waals surface area contributed by atoms with Gasteiger partial charge in [0, 0.05) is 5.69 Å². The zero-order valence-electron chi connectivity index (χ0n) is 20.8. The third-order valence-corrected chi connectivity index (χ3v) is 6.63. The number of carbonyl (C=O) groups is 4. The number of amides is 2. The van der Waals surface area contributed by atoms with Crippen molar-refractivity contribution in [1.29, 1.82) is 0 Å². The molecule has 2 amide bonds. The van der Waals surface area contributed by atoms with E-state index in [9.17, 15) is 19.2 Å². The number of thioether (sulfide) groups is 1. The van der Waals surface area contributed by atoms with Crippen LogP contribution in [0, 0.1) is 5.92 Å². The molecule has 2 heterocycles. The van der Waals surface area contributed by atoms with Crippen LogP contribution < -0.4 is 10.1 Å². The number of anilines is 1. The number of ether oxygens (including phenoxy) is 5. The van der Waals surface area contributed by atoms with Gasteiger partial charge < -0.3 is 23.7 Å². The summed E-state index contributed by atoms with van der Waals surface area (Å²) in [5.41, 5.74) is 0.570. The Morgan fingerprint density at radius 3 is 2.32 bits per heavy atom. The van der Waals surface area contributed by atoms with Gasteiger partial charge in [0.2, 0.25) is 5.91 Å². The Balaban J connectivity index is 1.68. The lowest BCUT2D eigenvalue weighted by Crippen LogP contribution is -2.61. The van der Waals surface area contributed by atoms with Crippen LogP contribution in [0.5, 0.6) is 5.75 Å². The molecule has 12 heteroatoms. The van der Waals surface area contributed by atoms with Crippen molar-refractivity contribution in [1.82, 2.24) is 4.90 Å². The van der Waals surface area contributed by atoms with Crippen molar-refractivity contribution in [2.45, 2.75) is 18.4 Å². The summed E-state index contributed by atoms with van der Waals surface area (Å²) in [4.78, 5) is 51.1. The summed E-state index contributed by atoms with van der Waals surface area (Å²) in [6.45, 7) is 12.1. The van der Waals surface area contributed by atoms with Crippen molar-refractivity contribution < 1.29 is 42.9 Å². The van der Waals surface area contributed by atoms with Gasteiger partial charge in [0.15, 0.2) is 0 Å². The summed E-state index contributed by atoms with van der Waals surface area (Å²) in [6, 6.07) is 6.51. The monoisotopic (exact) mass is 544 g/mol. The Bertz CT molecular complexity index is 1130. The van der Waals surface area contributed by atoms with Gasteiger partial charge in [-0.1, -0.05) is 49.7 Å². The smallest absolute Gasteiger partial charge is 0.488 e. The molecule has 3 rings (SSSR count). The Morgan fingerprint density at radius 2 is 1.66 bits per heavy atom. The molecule has 1 N–H and O–H groups in total. The molecule has 0 spiro atoms. The molecule has 0 radical (unpaired) electrons. The molecule has 3 atom stereocenters. The van der Waals surface area contributed by atoms with Crippen molar-refractivity contribution in [3.05, 3.63) is 72.8 Å². The normalized spacial score (nSPS) is 18.3. The molecule has 2 aliphatic rings. The average molecular weight is 545 g/mol. The van der Waals surface area contributed by atoms with E-state index in [2.05, 4.69) is 25.1 Å². The van der Waals surface area contributed by atoms with E-state index < -0.39 is 35.6 Å². The molecular weight excluding hydrogens is 516 g/mol. The predicted octanol–water partition coefficient (Wildman–Crippen LogP) is 4.00. The molecule has 0 bridgehead atoms. The fourth-order valence-electron chi connectivity index (χ4n) is 3.59. The molecule has 0 aromatic heterocycles. The lowest BCUT2D eigenvalue weighted by atomic mass is 9.92. The first-order valence-corrected chi connectivity index (χ1v) is 12.4. The quantitative estimate of drug-likeness (QED) is 0.168. The summed E-state index contributed by atoms with van der Waals surface area (Å²) < 4.78 is 26.0. The van der Waals surface area contributed by atoms with E-state index >= 15 is 0 Å². The van der Waals surface area contributed by atoms with Gasteiger partial charge in [-0.25, -0.2) is 14.4 Å². The summed E-state index contributed by atoms with van der Waals surface area (Å²) in [5, 5.41) is 2.08. The van der Waals surface area contributed by atoms with Gasteiger partial charge in [-0.05, 0) is 31.2 Å². The minimum atomic E-state index is -0.916. The van der Waals surface area contributed by atoms with E-state index in [1.165, 1.54) is 34.9 Å². The van der Waals surface area contributed by atoms with Crippen molar-refractivity contribution in [2.75, 3.05) is 31.7 Å². The van der Waals surface area contributed by atoms with E-state index in [1.54, 1.807) is 31.2 Å². The molecule has 0 unspecified atom stereocenters. The van der Waals surface area contributed by atoms with E-state index in [0.29, 0.717) is 16.3 Å². The number of benzene rings is 1. The number of esters is 1. The topological polar surface area (TPSA) is 130 Å².